The topological polar surface area (TPSA) is 60.0 Å². The lowest BCUT2D eigenvalue weighted by atomic mass is 10.3. The van der Waals surface area contributed by atoms with Gasteiger partial charge in [0.25, 0.3) is 5.91 Å². The van der Waals surface area contributed by atoms with Crippen molar-refractivity contribution in [2.24, 2.45) is 5.73 Å². The molecule has 2 heterocycles. The molecule has 0 saturated heterocycles. The van der Waals surface area contributed by atoms with Crippen molar-refractivity contribution >= 4 is 17.2 Å². The van der Waals surface area contributed by atoms with Gasteiger partial charge in [-0.2, -0.15) is 0 Å². The highest BCUT2D eigenvalue weighted by atomic mass is 32.1. The van der Waals surface area contributed by atoms with Gasteiger partial charge in [-0.15, -0.1) is 11.3 Å². The molecule has 2 aromatic heterocycles. The van der Waals surface area contributed by atoms with Crippen molar-refractivity contribution in [1.82, 2.24) is 9.88 Å². The van der Waals surface area contributed by atoms with E-state index in [9.17, 15) is 4.79 Å². The zero-order valence-electron chi connectivity index (χ0n) is 12.1. The van der Waals surface area contributed by atoms with Crippen LogP contribution in [-0.2, 0) is 13.1 Å². The highest BCUT2D eigenvalue weighted by molar-refractivity contribution is 7.10. The predicted octanol–water partition coefficient (Wildman–Crippen LogP) is 2.20. The van der Waals surface area contributed by atoms with Gasteiger partial charge in [0.15, 0.2) is 0 Å². The number of nitrogens with zero attached hydrogens (tertiary/aromatic N) is 1. The van der Waals surface area contributed by atoms with Crippen LogP contribution < -0.4 is 11.1 Å². The van der Waals surface area contributed by atoms with Gasteiger partial charge in [0, 0.05) is 28.6 Å². The van der Waals surface area contributed by atoms with Crippen molar-refractivity contribution in [3.05, 3.63) is 45.9 Å². The first-order valence-corrected chi connectivity index (χ1v) is 7.82. The second-order valence-corrected chi connectivity index (χ2v) is 5.57. The van der Waals surface area contributed by atoms with E-state index >= 15 is 0 Å². The van der Waals surface area contributed by atoms with Crippen LogP contribution in [-0.4, -0.2) is 17.0 Å². The summed E-state index contributed by atoms with van der Waals surface area (Å²) in [5.41, 5.74) is 7.00. The van der Waals surface area contributed by atoms with Crippen LogP contribution in [0.3, 0.4) is 0 Å². The average Bonchev–Trinajstić information content (AvgIpc) is 3.12. The fourth-order valence-corrected chi connectivity index (χ4v) is 2.76. The fraction of sp³-hybridized carbons (Fsp3) is 0.312. The molecule has 0 radical (unpaired) electrons. The quantitative estimate of drug-likeness (QED) is 0.832. The third-order valence-electron chi connectivity index (χ3n) is 2.94. The zero-order chi connectivity index (χ0) is 15.1. The van der Waals surface area contributed by atoms with Crippen LogP contribution in [0, 0.1) is 11.8 Å². The van der Waals surface area contributed by atoms with E-state index in [4.69, 9.17) is 5.73 Å². The van der Waals surface area contributed by atoms with Gasteiger partial charge < -0.3 is 15.6 Å². The molecular weight excluding hydrogens is 282 g/mol. The summed E-state index contributed by atoms with van der Waals surface area (Å²) in [6.45, 7) is 3.83. The Bertz CT molecular complexity index is 660. The van der Waals surface area contributed by atoms with Crippen LogP contribution in [0.25, 0.3) is 0 Å². The number of hydrogen-bond acceptors (Lipinski definition) is 3. The Hall–Kier alpha value is -2.03. The number of thiophene rings is 1. The number of amides is 1. The monoisotopic (exact) mass is 301 g/mol. The van der Waals surface area contributed by atoms with Crippen LogP contribution in [0.1, 0.15) is 34.3 Å². The summed E-state index contributed by atoms with van der Waals surface area (Å²) < 4.78 is 1.97. The molecule has 0 spiro atoms. The molecule has 0 aliphatic heterocycles. The number of carbonyl (C=O) groups is 1. The predicted molar refractivity (Wildman–Crippen MR) is 86.1 cm³/mol. The minimum Gasteiger partial charge on any atom is -0.346 e. The molecule has 3 N–H and O–H groups in total. The molecule has 0 aromatic carbocycles. The van der Waals surface area contributed by atoms with Crippen molar-refractivity contribution in [3.8, 4) is 11.8 Å². The highest BCUT2D eigenvalue weighted by Gasteiger charge is 2.10. The molecule has 2 rings (SSSR count). The Morgan fingerprint density at radius 2 is 2.38 bits per heavy atom. The van der Waals surface area contributed by atoms with Gasteiger partial charge in [-0.05, 0) is 24.6 Å². The third-order valence-corrected chi connectivity index (χ3v) is 3.88. The lowest BCUT2D eigenvalue weighted by Crippen LogP contribution is -2.25. The minimum atomic E-state index is -0.0450. The summed E-state index contributed by atoms with van der Waals surface area (Å²) in [7, 11) is 0. The summed E-state index contributed by atoms with van der Waals surface area (Å²) in [4.78, 5) is 13.3. The van der Waals surface area contributed by atoms with Crippen molar-refractivity contribution in [2.75, 3.05) is 6.54 Å². The maximum absolute atomic E-state index is 12.2. The first kappa shape index (κ1) is 15.4. The Labute approximate surface area is 129 Å². The second-order valence-electron chi connectivity index (χ2n) is 4.58. The number of aryl methyl sites for hydroxylation is 1. The lowest BCUT2D eigenvalue weighted by Gasteiger charge is -2.08. The highest BCUT2D eigenvalue weighted by Crippen LogP contribution is 2.14. The van der Waals surface area contributed by atoms with Crippen LogP contribution in [0.4, 0.5) is 0 Å². The van der Waals surface area contributed by atoms with Crippen LogP contribution >= 0.6 is 11.3 Å². The van der Waals surface area contributed by atoms with Gasteiger partial charge in [-0.1, -0.05) is 18.8 Å². The van der Waals surface area contributed by atoms with E-state index in [1.807, 2.05) is 34.3 Å². The zero-order valence-corrected chi connectivity index (χ0v) is 12.9. The van der Waals surface area contributed by atoms with E-state index in [1.54, 1.807) is 11.3 Å². The molecule has 0 bridgehead atoms. The molecule has 0 fully saturated rings. The Kier molecular flexibility index (Phi) is 5.61. The summed E-state index contributed by atoms with van der Waals surface area (Å²) in [6.07, 6.45) is 2.94. The SMILES string of the molecule is CCCn1cccc1C(=O)NCc1cc(C#CCN)cs1. The molecule has 0 saturated carbocycles. The molecule has 0 aliphatic carbocycles. The van der Waals surface area contributed by atoms with Gasteiger partial charge in [0.05, 0.1) is 13.1 Å². The number of nitrogens with one attached hydrogen (secondary N) is 1. The molecule has 2 aromatic rings. The summed E-state index contributed by atoms with van der Waals surface area (Å²) in [6, 6.07) is 5.73. The van der Waals surface area contributed by atoms with E-state index in [0.29, 0.717) is 18.8 Å². The van der Waals surface area contributed by atoms with Crippen LogP contribution in [0.15, 0.2) is 29.8 Å². The molecular formula is C16H19N3OS. The number of rotatable bonds is 5. The number of carbonyl (C=O) groups excluding carboxylic acids is 1. The van der Waals surface area contributed by atoms with Crippen molar-refractivity contribution < 1.29 is 4.79 Å². The van der Waals surface area contributed by atoms with Gasteiger partial charge in [0.2, 0.25) is 0 Å². The second kappa shape index (κ2) is 7.67. The van der Waals surface area contributed by atoms with Crippen LogP contribution in [0.2, 0.25) is 0 Å². The van der Waals surface area contributed by atoms with Gasteiger partial charge in [-0.25, -0.2) is 0 Å². The molecule has 110 valence electrons. The molecule has 0 aliphatic rings. The lowest BCUT2D eigenvalue weighted by molar-refractivity contribution is 0.0942. The molecule has 4 nitrogen and oxygen atoms in total. The van der Waals surface area contributed by atoms with E-state index < -0.39 is 0 Å². The molecule has 5 heteroatoms. The molecule has 0 atom stereocenters. The van der Waals surface area contributed by atoms with E-state index in [0.717, 1.165) is 23.4 Å². The Morgan fingerprint density at radius 3 is 3.14 bits per heavy atom. The van der Waals surface area contributed by atoms with Crippen LogP contribution in [0.5, 0.6) is 0 Å². The van der Waals surface area contributed by atoms with Gasteiger partial charge >= 0.3 is 0 Å². The summed E-state index contributed by atoms with van der Waals surface area (Å²) >= 11 is 1.59. The van der Waals surface area contributed by atoms with Gasteiger partial charge in [-0.3, -0.25) is 4.79 Å². The summed E-state index contributed by atoms with van der Waals surface area (Å²) in [5, 5.41) is 4.92. The van der Waals surface area contributed by atoms with Crippen molar-refractivity contribution in [1.29, 1.82) is 0 Å². The molecule has 0 unspecified atom stereocenters. The number of nitrogens with two attached hydrogens (primary N) is 1. The standard InChI is InChI=1S/C16H19N3OS/c1-2-8-19-9-4-6-15(19)16(20)18-11-14-10-13(12-21-14)5-3-7-17/h4,6,9-10,12H,2,7-8,11,17H2,1H3,(H,18,20). The molecule has 21 heavy (non-hydrogen) atoms. The average molecular weight is 301 g/mol. The smallest absolute Gasteiger partial charge is 0.268 e. The maximum Gasteiger partial charge on any atom is 0.268 e. The largest absolute Gasteiger partial charge is 0.346 e. The third kappa shape index (κ3) is 4.22. The summed E-state index contributed by atoms with van der Waals surface area (Å²) in [5.74, 6) is 5.76. The van der Waals surface area contributed by atoms with E-state index in [1.165, 1.54) is 0 Å². The first-order chi connectivity index (χ1) is 10.2. The Balaban J connectivity index is 1.94. The number of hydrogen-bond donors (Lipinski definition) is 2. The van der Waals surface area contributed by atoms with E-state index in [2.05, 4.69) is 24.1 Å². The van der Waals surface area contributed by atoms with Crippen molar-refractivity contribution in [2.45, 2.75) is 26.4 Å². The fourth-order valence-electron chi connectivity index (χ4n) is 2.01. The van der Waals surface area contributed by atoms with E-state index in [-0.39, 0.29) is 5.91 Å². The minimum absolute atomic E-state index is 0.0450. The van der Waals surface area contributed by atoms with Crippen molar-refractivity contribution in [3.63, 3.8) is 0 Å². The maximum atomic E-state index is 12.2. The van der Waals surface area contributed by atoms with Gasteiger partial charge in [0.1, 0.15) is 5.69 Å². The number of aromatic nitrogens is 1. The molecule has 1 amide bonds. The normalized spacial score (nSPS) is 10.0. The Morgan fingerprint density at radius 1 is 1.52 bits per heavy atom. The first-order valence-electron chi connectivity index (χ1n) is 6.94.